The summed E-state index contributed by atoms with van der Waals surface area (Å²) >= 11 is 6.78. The van der Waals surface area contributed by atoms with Gasteiger partial charge in [0, 0.05) is 36.6 Å². The van der Waals surface area contributed by atoms with Crippen LogP contribution in [0.25, 0.3) is 0 Å². The normalized spacial score (nSPS) is 16.5. The Morgan fingerprint density at radius 3 is 1.27 bits per heavy atom. The lowest BCUT2D eigenvalue weighted by Gasteiger charge is -2.44. The van der Waals surface area contributed by atoms with E-state index in [1.807, 2.05) is 26.2 Å². The number of hydrogen-bond donors (Lipinski definition) is 0. The Hall–Kier alpha value is -5.95. The van der Waals surface area contributed by atoms with Crippen molar-refractivity contribution in [1.82, 2.24) is 9.80 Å². The van der Waals surface area contributed by atoms with Crippen LogP contribution in [0.15, 0.2) is 120 Å². The molecule has 4 amide bonds. The number of hydrogen-bond acceptors (Lipinski definition) is 8. The van der Waals surface area contributed by atoms with Crippen molar-refractivity contribution < 1.29 is 83.5 Å². The van der Waals surface area contributed by atoms with Gasteiger partial charge in [-0.2, -0.15) is 36.9 Å². The van der Waals surface area contributed by atoms with Crippen molar-refractivity contribution in [1.29, 1.82) is 10.5 Å². The van der Waals surface area contributed by atoms with E-state index in [-0.39, 0.29) is 112 Å². The largest absolute Gasteiger partial charge is 1.00 e. The van der Waals surface area contributed by atoms with Crippen LogP contribution in [0.2, 0.25) is 0 Å². The molecular formula is C52H50Br2F6IN7O6. The Kier molecular flexibility index (Phi) is 20.0. The third kappa shape index (κ3) is 13.1. The van der Waals surface area contributed by atoms with E-state index >= 15 is 0 Å². The molecular weight excluding hydrogens is 1220 g/mol. The fourth-order valence-corrected chi connectivity index (χ4v) is 10.1. The van der Waals surface area contributed by atoms with Gasteiger partial charge in [0.05, 0.1) is 121 Å². The highest BCUT2D eigenvalue weighted by molar-refractivity contribution is 9.09. The third-order valence-corrected chi connectivity index (χ3v) is 13.4. The summed E-state index contributed by atoms with van der Waals surface area (Å²) in [5, 5.41) is 18.9. The van der Waals surface area contributed by atoms with Crippen LogP contribution in [0.3, 0.4) is 0 Å². The van der Waals surface area contributed by atoms with E-state index in [2.05, 4.69) is 31.9 Å². The molecule has 22 heteroatoms. The van der Waals surface area contributed by atoms with E-state index in [0.717, 1.165) is 34.1 Å². The second-order valence-corrected chi connectivity index (χ2v) is 18.6. The van der Waals surface area contributed by atoms with E-state index in [4.69, 9.17) is 9.47 Å². The van der Waals surface area contributed by atoms with Crippen LogP contribution in [-0.2, 0) is 31.4 Å². The van der Waals surface area contributed by atoms with Gasteiger partial charge in [-0.25, -0.2) is 19.2 Å². The van der Waals surface area contributed by atoms with Gasteiger partial charge in [-0.05, 0) is 85.6 Å². The molecule has 0 N–H and O–H groups in total. The zero-order valence-electron chi connectivity index (χ0n) is 40.4. The number of nitrogens with zero attached hydrogens (tertiary/aromatic N) is 7. The molecule has 0 fully saturated rings. The summed E-state index contributed by atoms with van der Waals surface area (Å²) in [6, 6.07) is 21.3. The quantitative estimate of drug-likeness (QED) is 0.0317. The molecule has 74 heavy (non-hydrogen) atoms. The molecule has 0 aromatic heterocycles. The van der Waals surface area contributed by atoms with Crippen LogP contribution in [0.4, 0.5) is 47.3 Å². The number of quaternary nitrogens is 1. The first-order valence-corrected chi connectivity index (χ1v) is 25.2. The first-order valence-electron chi connectivity index (χ1n) is 22.9. The zero-order valence-corrected chi connectivity index (χ0v) is 45.8. The minimum Gasteiger partial charge on any atom is -1.00 e. The van der Waals surface area contributed by atoms with E-state index in [1.54, 1.807) is 38.1 Å². The molecule has 0 radical (unpaired) electrons. The number of carbonyl (C=O) groups excluding carboxylic acids is 4. The van der Waals surface area contributed by atoms with Crippen molar-refractivity contribution in [3.8, 4) is 12.1 Å². The van der Waals surface area contributed by atoms with E-state index in [1.165, 1.54) is 58.3 Å². The Labute approximate surface area is 458 Å². The second-order valence-electron chi connectivity index (χ2n) is 17.5. The minimum atomic E-state index is -4.75. The lowest BCUT2D eigenvalue weighted by atomic mass is 9.92. The molecule has 2 atom stereocenters. The number of anilines is 2. The van der Waals surface area contributed by atoms with Gasteiger partial charge >= 0.3 is 36.4 Å². The van der Waals surface area contributed by atoms with Crippen LogP contribution in [0.5, 0.6) is 0 Å². The zero-order chi connectivity index (χ0) is 53.4. The molecule has 2 aliphatic heterocycles. The number of ether oxygens (including phenoxy) is 2. The van der Waals surface area contributed by atoms with Crippen molar-refractivity contribution in [2.75, 3.05) is 73.9 Å². The fraction of sp³-hybridized carbons (Fsp3) is 0.346. The molecule has 0 bridgehead atoms. The fourth-order valence-electron chi connectivity index (χ4n) is 8.96. The van der Waals surface area contributed by atoms with Crippen molar-refractivity contribution in [3.63, 3.8) is 0 Å². The molecule has 0 aliphatic carbocycles. The molecule has 4 aromatic carbocycles. The van der Waals surface area contributed by atoms with Gasteiger partial charge in [0.25, 0.3) is 0 Å². The van der Waals surface area contributed by atoms with Gasteiger partial charge in [0.15, 0.2) is 0 Å². The van der Waals surface area contributed by atoms with Gasteiger partial charge < -0.3 is 47.7 Å². The lowest BCUT2D eigenvalue weighted by Crippen LogP contribution is -3.00. The Morgan fingerprint density at radius 2 is 0.973 bits per heavy atom. The summed E-state index contributed by atoms with van der Waals surface area (Å²) in [5.74, 6) is -1.61. The monoisotopic (exact) mass is 1270 g/mol. The molecule has 2 aliphatic rings. The third-order valence-electron chi connectivity index (χ3n) is 12.3. The number of alkyl halides is 8. The number of urea groups is 2. The summed E-state index contributed by atoms with van der Waals surface area (Å²) < 4.78 is 95.8. The Bertz CT molecular complexity index is 2680. The average Bonchev–Trinajstić information content (AvgIpc) is 3.36. The number of benzene rings is 4. The maximum absolute atomic E-state index is 14.9. The number of carbonyl (C=O) groups is 4. The molecule has 6 rings (SSSR count). The average molecular weight is 1270 g/mol. The lowest BCUT2D eigenvalue weighted by molar-refractivity contribution is -0.890. The summed E-state index contributed by atoms with van der Waals surface area (Å²) in [6.07, 6.45) is -8.97. The number of allylic oxidation sites excluding steroid dienone is 2. The van der Waals surface area contributed by atoms with Crippen LogP contribution in [0, 0.1) is 22.7 Å². The summed E-state index contributed by atoms with van der Waals surface area (Å²) in [7, 11) is 3.80. The smallest absolute Gasteiger partial charge is 0.416 e. The van der Waals surface area contributed by atoms with Crippen LogP contribution < -0.4 is 33.8 Å². The highest BCUT2D eigenvalue weighted by atomic mass is 127. The topological polar surface area (TPSA) is 147 Å². The molecule has 0 unspecified atom stereocenters. The maximum atomic E-state index is 14.9. The summed E-state index contributed by atoms with van der Waals surface area (Å²) in [5.41, 5.74) is -0.711. The predicted molar refractivity (Wildman–Crippen MR) is 266 cm³/mol. The number of nitriles is 2. The molecule has 0 spiro atoms. The molecule has 0 saturated heterocycles. The van der Waals surface area contributed by atoms with E-state index in [9.17, 15) is 56.0 Å². The SMILES string of the molecule is CCOC(=O)C1=C(CBr)N(c2cccc(C(F)(F)F)c2)C(=O)N(CCC[N+](C)(C)CCCN2C(=O)N(c3cccc(C(F)(F)F)c3)C(CBr)=C(C(=O)OCC)[C@H]2c2ccc(C#N)cc2)[C@@H]1c1ccc(C#N)cc1.[I-]. The molecule has 2 heterocycles. The van der Waals surface area contributed by atoms with Gasteiger partial charge in [0.2, 0.25) is 0 Å². The van der Waals surface area contributed by atoms with Crippen molar-refractivity contribution in [2.45, 2.75) is 51.1 Å². The highest BCUT2D eigenvalue weighted by Crippen LogP contribution is 2.44. The van der Waals surface area contributed by atoms with Gasteiger partial charge in [-0.3, -0.25) is 9.80 Å². The van der Waals surface area contributed by atoms with Gasteiger partial charge in [-0.1, -0.05) is 68.3 Å². The van der Waals surface area contributed by atoms with E-state index < -0.39 is 59.6 Å². The number of esters is 2. The van der Waals surface area contributed by atoms with Gasteiger partial charge in [0.1, 0.15) is 0 Å². The molecule has 0 saturated carbocycles. The van der Waals surface area contributed by atoms with Crippen molar-refractivity contribution in [2.24, 2.45) is 0 Å². The Morgan fingerprint density at radius 1 is 0.622 bits per heavy atom. The van der Waals surface area contributed by atoms with Gasteiger partial charge in [-0.15, -0.1) is 0 Å². The molecule has 13 nitrogen and oxygen atoms in total. The summed E-state index contributed by atoms with van der Waals surface area (Å²) in [6.45, 7) is 3.75. The molecule has 392 valence electrons. The summed E-state index contributed by atoms with van der Waals surface area (Å²) in [4.78, 5) is 62.8. The number of rotatable bonds is 18. The van der Waals surface area contributed by atoms with Crippen molar-refractivity contribution in [3.05, 3.63) is 153 Å². The first kappa shape index (κ1) is 58.9. The van der Waals surface area contributed by atoms with Crippen LogP contribution >= 0.6 is 31.9 Å². The standard InChI is InChI=1S/C52H50Br2F6N7O6.HI/c1-5-72-47(68)43-41(29-53)65(39-13-7-11-37(27-39)51(55,56)57)49(70)63(45(43)35-19-15-33(31-61)16-20-35)23-9-25-67(3,4)26-10-24-64-46(36-21-17-34(32-62)18-22-36)44(48(69)73-6-2)42(30-54)66(50(64)71)40-14-8-12-38(28-40)52(58,59)60;/h7-8,11-22,27-28,45-46H,5-6,9-10,23-26,29-30H2,1-4H3;1H/q+1;/p-1/t45-,46-;/m1./s1. The highest BCUT2D eigenvalue weighted by Gasteiger charge is 2.47. The maximum Gasteiger partial charge on any atom is 0.416 e. The van der Waals surface area contributed by atoms with Crippen LogP contribution in [0.1, 0.15) is 72.2 Å². The minimum absolute atomic E-state index is 0. The predicted octanol–water partition coefficient (Wildman–Crippen LogP) is 8.42. The first-order chi connectivity index (χ1) is 34.6. The van der Waals surface area contributed by atoms with Crippen LogP contribution in [-0.4, -0.2) is 102 Å². The molecule has 4 aromatic rings. The van der Waals surface area contributed by atoms with Crippen molar-refractivity contribution >= 4 is 67.2 Å². The van der Waals surface area contributed by atoms with E-state index in [0.29, 0.717) is 35.3 Å². The second kappa shape index (κ2) is 25.1. The number of halogens is 9. The number of amides is 4. The Balaban J connectivity index is 0.0000101.